The van der Waals surface area contributed by atoms with E-state index in [2.05, 4.69) is 6.92 Å². The predicted molar refractivity (Wildman–Crippen MR) is 123 cm³/mol. The fourth-order valence-corrected chi connectivity index (χ4v) is 3.75. The number of carbonyl (C=O) groups excluding carboxylic acids is 1. The van der Waals surface area contributed by atoms with Gasteiger partial charge in [0.1, 0.15) is 5.58 Å². The molecule has 166 valence electrons. The van der Waals surface area contributed by atoms with Crippen LogP contribution in [0.4, 0.5) is 0 Å². The molecule has 0 spiro atoms. The van der Waals surface area contributed by atoms with Gasteiger partial charge in [0, 0.05) is 6.42 Å². The zero-order valence-electron chi connectivity index (χ0n) is 18.8. The maximum absolute atomic E-state index is 12.4. The van der Waals surface area contributed by atoms with Gasteiger partial charge in [-0.05, 0) is 25.5 Å². The third-order valence-electron chi connectivity index (χ3n) is 5.67. The Kier molecular flexibility index (Phi) is 11.3. The molecule has 0 atom stereocenters. The molecule has 4 nitrogen and oxygen atoms in total. The first-order valence-electron chi connectivity index (χ1n) is 11.9. The van der Waals surface area contributed by atoms with E-state index in [1.54, 1.807) is 31.2 Å². The van der Waals surface area contributed by atoms with Gasteiger partial charge >= 0.3 is 5.97 Å². The highest BCUT2D eigenvalue weighted by Gasteiger charge is 2.15. The molecular weight excluding hydrogens is 376 g/mol. The fraction of sp³-hybridized carbons (Fsp3) is 0.615. The lowest BCUT2D eigenvalue weighted by Gasteiger charge is -2.07. The second kappa shape index (κ2) is 14.0. The van der Waals surface area contributed by atoms with Crippen LogP contribution in [0.5, 0.6) is 5.95 Å². The fourth-order valence-electron chi connectivity index (χ4n) is 3.75. The van der Waals surface area contributed by atoms with Gasteiger partial charge in [-0.25, -0.2) is 0 Å². The SMILES string of the molecule is CCCCCCCCCCCCCCCC(=O)Oc1oc2ccccc2c(=O)c1C. The Morgan fingerprint density at radius 2 is 1.37 bits per heavy atom. The number of hydrogen-bond donors (Lipinski definition) is 0. The summed E-state index contributed by atoms with van der Waals surface area (Å²) in [5.41, 5.74) is 0.630. The minimum Gasteiger partial charge on any atom is -0.425 e. The minimum absolute atomic E-state index is 0.0263. The van der Waals surface area contributed by atoms with Crippen molar-refractivity contribution in [2.45, 2.75) is 104 Å². The van der Waals surface area contributed by atoms with Crippen molar-refractivity contribution >= 4 is 16.9 Å². The van der Waals surface area contributed by atoms with Crippen molar-refractivity contribution in [3.63, 3.8) is 0 Å². The van der Waals surface area contributed by atoms with Crippen molar-refractivity contribution in [2.75, 3.05) is 0 Å². The van der Waals surface area contributed by atoms with Gasteiger partial charge in [0.15, 0.2) is 5.43 Å². The minimum atomic E-state index is -0.334. The quantitative estimate of drug-likeness (QED) is 0.224. The summed E-state index contributed by atoms with van der Waals surface area (Å²) in [7, 11) is 0. The molecule has 0 saturated heterocycles. The first kappa shape index (κ1) is 24.2. The van der Waals surface area contributed by atoms with Crippen molar-refractivity contribution in [1.29, 1.82) is 0 Å². The molecule has 0 amide bonds. The molecule has 1 aromatic carbocycles. The van der Waals surface area contributed by atoms with Gasteiger partial charge in [-0.1, -0.05) is 96.1 Å². The highest BCUT2D eigenvalue weighted by molar-refractivity contribution is 5.78. The third kappa shape index (κ3) is 8.33. The summed E-state index contributed by atoms with van der Waals surface area (Å²) in [6.07, 6.45) is 16.8. The first-order chi connectivity index (χ1) is 14.6. The van der Waals surface area contributed by atoms with Gasteiger partial charge in [-0.15, -0.1) is 0 Å². The summed E-state index contributed by atoms with van der Waals surface area (Å²) < 4.78 is 11.0. The molecule has 0 aliphatic heterocycles. The summed E-state index contributed by atoms with van der Waals surface area (Å²) in [5.74, 6) is -0.307. The number of esters is 1. The molecule has 2 aromatic rings. The Morgan fingerprint density at radius 1 is 0.833 bits per heavy atom. The van der Waals surface area contributed by atoms with Crippen LogP contribution in [0.15, 0.2) is 33.5 Å². The topological polar surface area (TPSA) is 56.5 Å². The van der Waals surface area contributed by atoms with E-state index < -0.39 is 0 Å². The summed E-state index contributed by atoms with van der Waals surface area (Å²) in [5, 5.41) is 0.506. The van der Waals surface area contributed by atoms with E-state index in [0.717, 1.165) is 19.3 Å². The molecule has 30 heavy (non-hydrogen) atoms. The third-order valence-corrected chi connectivity index (χ3v) is 5.67. The molecule has 0 aliphatic carbocycles. The van der Waals surface area contributed by atoms with E-state index in [0.29, 0.717) is 23.0 Å². The van der Waals surface area contributed by atoms with Crippen LogP contribution in [0.1, 0.15) is 102 Å². The zero-order chi connectivity index (χ0) is 21.6. The van der Waals surface area contributed by atoms with Crippen LogP contribution in [0, 0.1) is 6.92 Å². The Hall–Kier alpha value is -2.10. The van der Waals surface area contributed by atoms with Gasteiger partial charge in [-0.2, -0.15) is 0 Å². The van der Waals surface area contributed by atoms with Crippen LogP contribution in [-0.2, 0) is 4.79 Å². The number of ether oxygens (including phenoxy) is 1. The molecule has 2 rings (SSSR count). The first-order valence-corrected chi connectivity index (χ1v) is 11.9. The molecule has 0 N–H and O–H groups in total. The molecule has 0 radical (unpaired) electrons. The molecule has 1 aromatic heterocycles. The Balaban J connectivity index is 1.55. The maximum atomic E-state index is 12.4. The number of hydrogen-bond acceptors (Lipinski definition) is 4. The summed E-state index contributed by atoms with van der Waals surface area (Å²) >= 11 is 0. The van der Waals surface area contributed by atoms with E-state index in [4.69, 9.17) is 9.15 Å². The number of unbranched alkanes of at least 4 members (excludes halogenated alkanes) is 12. The molecule has 1 heterocycles. The lowest BCUT2D eigenvalue weighted by molar-refractivity contribution is -0.135. The summed E-state index contributed by atoms with van der Waals surface area (Å²) in [6.45, 7) is 3.89. The van der Waals surface area contributed by atoms with Gasteiger partial charge in [0.25, 0.3) is 5.95 Å². The highest BCUT2D eigenvalue weighted by atomic mass is 16.6. The Bertz CT molecular complexity index is 821. The van der Waals surface area contributed by atoms with Crippen LogP contribution in [0.3, 0.4) is 0 Å². The van der Waals surface area contributed by atoms with Crippen molar-refractivity contribution in [3.05, 3.63) is 40.1 Å². The molecule has 0 unspecified atom stereocenters. The Labute approximate surface area is 181 Å². The average Bonchev–Trinajstić information content (AvgIpc) is 2.75. The summed E-state index contributed by atoms with van der Waals surface area (Å²) in [6, 6.07) is 7.01. The number of rotatable bonds is 15. The molecule has 0 fully saturated rings. The zero-order valence-corrected chi connectivity index (χ0v) is 18.8. The lowest BCUT2D eigenvalue weighted by atomic mass is 10.0. The summed E-state index contributed by atoms with van der Waals surface area (Å²) in [4.78, 5) is 24.5. The van der Waals surface area contributed by atoms with E-state index in [1.165, 1.54) is 64.2 Å². The number of para-hydroxylation sites is 1. The van der Waals surface area contributed by atoms with Crippen LogP contribution >= 0.6 is 0 Å². The smallest absolute Gasteiger partial charge is 0.313 e. The highest BCUT2D eigenvalue weighted by Crippen LogP contribution is 2.22. The van der Waals surface area contributed by atoms with E-state index in [1.807, 2.05) is 0 Å². The normalized spacial score (nSPS) is 11.1. The maximum Gasteiger partial charge on any atom is 0.313 e. The number of fused-ring (bicyclic) bond motifs is 1. The standard InChI is InChI=1S/C26H38O4/c1-3-4-5-6-7-8-9-10-11-12-13-14-15-20-24(27)30-26-21(2)25(28)22-18-16-17-19-23(22)29-26/h16-19H,3-15,20H2,1-2H3. The van der Waals surface area contributed by atoms with Crippen LogP contribution in [0.25, 0.3) is 11.0 Å². The van der Waals surface area contributed by atoms with Crippen LogP contribution in [-0.4, -0.2) is 5.97 Å². The second-order valence-electron chi connectivity index (χ2n) is 8.31. The molecule has 0 saturated carbocycles. The molecule has 0 aliphatic rings. The van der Waals surface area contributed by atoms with Crippen molar-refractivity contribution in [1.82, 2.24) is 0 Å². The van der Waals surface area contributed by atoms with Crippen LogP contribution < -0.4 is 10.2 Å². The van der Waals surface area contributed by atoms with E-state index in [9.17, 15) is 9.59 Å². The monoisotopic (exact) mass is 414 g/mol. The number of carbonyl (C=O) groups is 1. The van der Waals surface area contributed by atoms with Gasteiger partial charge in [-0.3, -0.25) is 9.59 Å². The van der Waals surface area contributed by atoms with Gasteiger partial charge in [0.2, 0.25) is 0 Å². The Morgan fingerprint density at radius 3 is 1.97 bits per heavy atom. The van der Waals surface area contributed by atoms with Crippen molar-refractivity contribution in [3.8, 4) is 5.95 Å². The van der Waals surface area contributed by atoms with Crippen molar-refractivity contribution < 1.29 is 13.9 Å². The largest absolute Gasteiger partial charge is 0.425 e. The second-order valence-corrected chi connectivity index (χ2v) is 8.31. The number of benzene rings is 1. The van der Waals surface area contributed by atoms with E-state index >= 15 is 0 Å². The molecule has 0 bridgehead atoms. The molecule has 4 heteroatoms. The van der Waals surface area contributed by atoms with Crippen molar-refractivity contribution in [2.24, 2.45) is 0 Å². The van der Waals surface area contributed by atoms with Crippen LogP contribution in [0.2, 0.25) is 0 Å². The van der Waals surface area contributed by atoms with E-state index in [-0.39, 0.29) is 17.3 Å². The van der Waals surface area contributed by atoms with Gasteiger partial charge < -0.3 is 9.15 Å². The molecular formula is C26H38O4. The average molecular weight is 415 g/mol. The van der Waals surface area contributed by atoms with Gasteiger partial charge in [0.05, 0.1) is 10.9 Å². The lowest BCUT2D eigenvalue weighted by Crippen LogP contribution is -2.13. The predicted octanol–water partition coefficient (Wildman–Crippen LogP) is 7.49.